The maximum atomic E-state index is 5.37. The molecule has 1 aliphatic carbocycles. The van der Waals surface area contributed by atoms with Crippen LogP contribution < -0.4 is 5.43 Å². The number of rotatable bonds is 3. The summed E-state index contributed by atoms with van der Waals surface area (Å²) in [6.45, 7) is 3.76. The predicted molar refractivity (Wildman–Crippen MR) is 58.6 cm³/mol. The van der Waals surface area contributed by atoms with E-state index in [1.165, 1.54) is 25.7 Å². The fraction of sp³-hybridized carbons (Fsp3) is 1.00. The highest BCUT2D eigenvalue weighted by Gasteiger charge is 2.22. The molecule has 2 rings (SSSR count). The van der Waals surface area contributed by atoms with Gasteiger partial charge in [-0.3, -0.25) is 5.43 Å². The molecule has 1 N–H and O–H groups in total. The largest absolute Gasteiger partial charge is 0.381 e. The molecule has 1 saturated carbocycles. The lowest BCUT2D eigenvalue weighted by atomic mass is 9.93. The SMILES string of the molecule is COC1CCC(NN2CCOCC2)CC1. The first kappa shape index (κ1) is 11.3. The van der Waals surface area contributed by atoms with Crippen LogP contribution in [0.15, 0.2) is 0 Å². The van der Waals surface area contributed by atoms with E-state index in [-0.39, 0.29) is 0 Å². The zero-order valence-corrected chi connectivity index (χ0v) is 9.58. The van der Waals surface area contributed by atoms with Crippen LogP contribution in [0.5, 0.6) is 0 Å². The molecular formula is C11H22N2O2. The van der Waals surface area contributed by atoms with Crippen LogP contribution in [0.2, 0.25) is 0 Å². The van der Waals surface area contributed by atoms with Gasteiger partial charge in [-0.15, -0.1) is 0 Å². The summed E-state index contributed by atoms with van der Waals surface area (Å²) in [5, 5.41) is 2.31. The molecule has 2 fully saturated rings. The number of methoxy groups -OCH3 is 1. The van der Waals surface area contributed by atoms with Gasteiger partial charge in [-0.1, -0.05) is 0 Å². The van der Waals surface area contributed by atoms with Gasteiger partial charge in [0.05, 0.1) is 19.3 Å². The van der Waals surface area contributed by atoms with Gasteiger partial charge in [-0.2, -0.15) is 0 Å². The number of ether oxygens (including phenoxy) is 2. The molecule has 0 aromatic rings. The summed E-state index contributed by atoms with van der Waals surface area (Å²) in [6, 6.07) is 0.648. The quantitative estimate of drug-likeness (QED) is 0.753. The summed E-state index contributed by atoms with van der Waals surface area (Å²) < 4.78 is 10.7. The standard InChI is InChI=1S/C11H22N2O2/c1-14-11-4-2-10(3-5-11)12-13-6-8-15-9-7-13/h10-12H,2-9H2,1H3. The van der Waals surface area contributed by atoms with Crippen LogP contribution in [-0.4, -0.2) is 50.6 Å². The van der Waals surface area contributed by atoms with Crippen molar-refractivity contribution < 1.29 is 9.47 Å². The van der Waals surface area contributed by atoms with Crippen molar-refractivity contribution in [1.29, 1.82) is 0 Å². The number of nitrogens with one attached hydrogen (secondary N) is 1. The number of nitrogens with zero attached hydrogens (tertiary/aromatic N) is 1. The lowest BCUT2D eigenvalue weighted by Crippen LogP contribution is -2.51. The van der Waals surface area contributed by atoms with E-state index in [0.29, 0.717) is 12.1 Å². The third-order valence-electron chi connectivity index (χ3n) is 3.38. The van der Waals surface area contributed by atoms with E-state index in [4.69, 9.17) is 9.47 Å². The molecule has 2 aliphatic rings. The smallest absolute Gasteiger partial charge is 0.0608 e. The average molecular weight is 214 g/mol. The zero-order valence-electron chi connectivity index (χ0n) is 9.58. The van der Waals surface area contributed by atoms with Gasteiger partial charge in [-0.25, -0.2) is 5.01 Å². The van der Waals surface area contributed by atoms with E-state index in [9.17, 15) is 0 Å². The van der Waals surface area contributed by atoms with Gasteiger partial charge in [0, 0.05) is 26.2 Å². The molecular weight excluding hydrogens is 192 g/mol. The average Bonchev–Trinajstić information content (AvgIpc) is 2.31. The van der Waals surface area contributed by atoms with Crippen molar-refractivity contribution in [2.75, 3.05) is 33.4 Å². The van der Waals surface area contributed by atoms with E-state index in [1.807, 2.05) is 7.11 Å². The van der Waals surface area contributed by atoms with Gasteiger partial charge >= 0.3 is 0 Å². The zero-order chi connectivity index (χ0) is 10.5. The molecule has 0 radical (unpaired) electrons. The van der Waals surface area contributed by atoms with Crippen molar-refractivity contribution in [3.05, 3.63) is 0 Å². The second-order valence-corrected chi connectivity index (χ2v) is 4.44. The minimum absolute atomic E-state index is 0.493. The number of hydrazine groups is 1. The molecule has 0 bridgehead atoms. The normalized spacial score (nSPS) is 34.2. The maximum Gasteiger partial charge on any atom is 0.0608 e. The van der Waals surface area contributed by atoms with Crippen molar-refractivity contribution in [3.8, 4) is 0 Å². The Hall–Kier alpha value is -0.160. The van der Waals surface area contributed by atoms with Crippen LogP contribution in [0.1, 0.15) is 25.7 Å². The molecule has 0 atom stereocenters. The molecule has 15 heavy (non-hydrogen) atoms. The fourth-order valence-corrected chi connectivity index (χ4v) is 2.38. The van der Waals surface area contributed by atoms with Crippen molar-refractivity contribution in [1.82, 2.24) is 10.4 Å². The summed E-state index contributed by atoms with van der Waals surface area (Å²) in [7, 11) is 1.82. The van der Waals surface area contributed by atoms with Gasteiger partial charge in [0.2, 0.25) is 0 Å². The van der Waals surface area contributed by atoms with Crippen LogP contribution >= 0.6 is 0 Å². The third-order valence-corrected chi connectivity index (χ3v) is 3.38. The van der Waals surface area contributed by atoms with Gasteiger partial charge in [0.15, 0.2) is 0 Å². The van der Waals surface area contributed by atoms with E-state index in [0.717, 1.165) is 26.3 Å². The summed E-state index contributed by atoms with van der Waals surface area (Å²) in [4.78, 5) is 0. The number of hydrogen-bond acceptors (Lipinski definition) is 4. The van der Waals surface area contributed by atoms with Crippen LogP contribution in [0.25, 0.3) is 0 Å². The lowest BCUT2D eigenvalue weighted by Gasteiger charge is -2.35. The Labute approximate surface area is 91.9 Å². The van der Waals surface area contributed by atoms with Crippen molar-refractivity contribution in [3.63, 3.8) is 0 Å². The first-order valence-electron chi connectivity index (χ1n) is 6.00. The molecule has 0 spiro atoms. The Balaban J connectivity index is 1.67. The third kappa shape index (κ3) is 3.41. The van der Waals surface area contributed by atoms with E-state index in [2.05, 4.69) is 10.4 Å². The molecule has 0 aromatic heterocycles. The van der Waals surface area contributed by atoms with Gasteiger partial charge in [0.25, 0.3) is 0 Å². The molecule has 0 aromatic carbocycles. The molecule has 4 nitrogen and oxygen atoms in total. The van der Waals surface area contributed by atoms with Crippen LogP contribution in [0.4, 0.5) is 0 Å². The van der Waals surface area contributed by atoms with Crippen LogP contribution in [0.3, 0.4) is 0 Å². The Morgan fingerprint density at radius 3 is 2.40 bits per heavy atom. The van der Waals surface area contributed by atoms with Gasteiger partial charge in [-0.05, 0) is 25.7 Å². The van der Waals surface area contributed by atoms with Crippen LogP contribution in [-0.2, 0) is 9.47 Å². The fourth-order valence-electron chi connectivity index (χ4n) is 2.38. The Morgan fingerprint density at radius 2 is 1.80 bits per heavy atom. The van der Waals surface area contributed by atoms with Crippen molar-refractivity contribution >= 4 is 0 Å². The molecule has 0 amide bonds. The van der Waals surface area contributed by atoms with Crippen LogP contribution in [0, 0.1) is 0 Å². The summed E-state index contributed by atoms with van der Waals surface area (Å²) >= 11 is 0. The molecule has 88 valence electrons. The monoisotopic (exact) mass is 214 g/mol. The molecule has 0 unspecified atom stereocenters. The first-order valence-corrected chi connectivity index (χ1v) is 6.00. The maximum absolute atomic E-state index is 5.37. The molecule has 1 saturated heterocycles. The minimum atomic E-state index is 0.493. The Bertz CT molecular complexity index is 175. The van der Waals surface area contributed by atoms with Crippen molar-refractivity contribution in [2.24, 2.45) is 0 Å². The minimum Gasteiger partial charge on any atom is -0.381 e. The van der Waals surface area contributed by atoms with E-state index < -0.39 is 0 Å². The summed E-state index contributed by atoms with van der Waals surface area (Å²) in [6.07, 6.45) is 5.34. The van der Waals surface area contributed by atoms with Gasteiger partial charge in [0.1, 0.15) is 0 Å². The second kappa shape index (κ2) is 5.80. The predicted octanol–water partition coefficient (Wildman–Crippen LogP) is 0.781. The highest BCUT2D eigenvalue weighted by atomic mass is 16.5. The Morgan fingerprint density at radius 1 is 1.13 bits per heavy atom. The summed E-state index contributed by atoms with van der Waals surface area (Å²) in [5.41, 5.74) is 3.60. The molecule has 1 aliphatic heterocycles. The second-order valence-electron chi connectivity index (χ2n) is 4.44. The van der Waals surface area contributed by atoms with E-state index in [1.54, 1.807) is 0 Å². The number of hydrogen-bond donors (Lipinski definition) is 1. The van der Waals surface area contributed by atoms with E-state index >= 15 is 0 Å². The number of morpholine rings is 1. The molecule has 4 heteroatoms. The summed E-state index contributed by atoms with van der Waals surface area (Å²) in [5.74, 6) is 0. The first-order chi connectivity index (χ1) is 7.38. The lowest BCUT2D eigenvalue weighted by molar-refractivity contribution is -0.00837. The topological polar surface area (TPSA) is 33.7 Å². The molecule has 1 heterocycles. The highest BCUT2D eigenvalue weighted by Crippen LogP contribution is 2.20. The van der Waals surface area contributed by atoms with Crippen molar-refractivity contribution in [2.45, 2.75) is 37.8 Å². The Kier molecular flexibility index (Phi) is 4.38. The highest BCUT2D eigenvalue weighted by molar-refractivity contribution is 4.77. The van der Waals surface area contributed by atoms with Gasteiger partial charge < -0.3 is 9.47 Å².